The van der Waals surface area contributed by atoms with E-state index in [0.717, 1.165) is 10.9 Å². The van der Waals surface area contributed by atoms with Gasteiger partial charge in [-0.3, -0.25) is 0 Å². The molecule has 0 aromatic heterocycles. The van der Waals surface area contributed by atoms with Gasteiger partial charge >= 0.3 is 0 Å². The highest BCUT2D eigenvalue weighted by atomic mass is 79.9. The van der Waals surface area contributed by atoms with Crippen LogP contribution in [0.25, 0.3) is 0 Å². The van der Waals surface area contributed by atoms with E-state index in [-0.39, 0.29) is 5.38 Å². The Bertz CT molecular complexity index is 590. The Morgan fingerprint density at radius 2 is 1.68 bits per heavy atom. The van der Waals surface area contributed by atoms with Crippen LogP contribution >= 0.6 is 27.5 Å². The van der Waals surface area contributed by atoms with Gasteiger partial charge in [-0.25, -0.2) is 0 Å². The average molecular weight is 338 g/mol. The number of aryl methyl sites for hydroxylation is 3. The first-order chi connectivity index (χ1) is 8.97. The van der Waals surface area contributed by atoms with Crippen molar-refractivity contribution in [2.24, 2.45) is 0 Å². The highest BCUT2D eigenvalue weighted by Crippen LogP contribution is 2.29. The number of benzene rings is 2. The molecule has 1 unspecified atom stereocenters. The van der Waals surface area contributed by atoms with Crippen LogP contribution in [0.2, 0.25) is 0 Å². The van der Waals surface area contributed by atoms with Crippen molar-refractivity contribution >= 4 is 27.5 Å². The second-order valence-corrected chi connectivity index (χ2v) is 6.53. The molecule has 0 radical (unpaired) electrons. The van der Waals surface area contributed by atoms with E-state index in [2.05, 4.69) is 73.1 Å². The van der Waals surface area contributed by atoms with E-state index in [0.29, 0.717) is 0 Å². The van der Waals surface area contributed by atoms with Gasteiger partial charge in [-0.05, 0) is 67.1 Å². The molecule has 2 heteroatoms. The molecule has 100 valence electrons. The Balaban J connectivity index is 2.20. The van der Waals surface area contributed by atoms with Crippen molar-refractivity contribution in [3.05, 3.63) is 68.7 Å². The van der Waals surface area contributed by atoms with E-state index in [1.807, 2.05) is 0 Å². The second-order valence-electron chi connectivity index (χ2n) is 5.09. The second kappa shape index (κ2) is 6.11. The van der Waals surface area contributed by atoms with Crippen LogP contribution in [0.5, 0.6) is 0 Å². The summed E-state index contributed by atoms with van der Waals surface area (Å²) in [6.45, 7) is 6.39. The molecule has 19 heavy (non-hydrogen) atoms. The Hall–Kier alpha value is -0.790. The van der Waals surface area contributed by atoms with Crippen molar-refractivity contribution in [3.63, 3.8) is 0 Å². The lowest BCUT2D eigenvalue weighted by Gasteiger charge is -2.14. The standard InChI is InChI=1S/C17H18BrCl/c1-11-4-5-14(8-12(11)2)10-17(19)16-7-6-15(18)9-13(16)3/h4-9,17H,10H2,1-3H3. The van der Waals surface area contributed by atoms with Gasteiger partial charge in [-0.15, -0.1) is 11.6 Å². The lowest BCUT2D eigenvalue weighted by Crippen LogP contribution is -1.99. The summed E-state index contributed by atoms with van der Waals surface area (Å²) >= 11 is 10.1. The maximum absolute atomic E-state index is 6.58. The smallest absolute Gasteiger partial charge is 0.0628 e. The lowest BCUT2D eigenvalue weighted by molar-refractivity contribution is 0.907. The van der Waals surface area contributed by atoms with Crippen molar-refractivity contribution in [2.45, 2.75) is 32.6 Å². The first kappa shape index (κ1) is 14.6. The summed E-state index contributed by atoms with van der Waals surface area (Å²) in [4.78, 5) is 0. The number of alkyl halides is 1. The largest absolute Gasteiger partial charge is 0.117 e. The fraction of sp³-hybridized carbons (Fsp3) is 0.294. The summed E-state index contributed by atoms with van der Waals surface area (Å²) in [5.74, 6) is 0. The van der Waals surface area contributed by atoms with Crippen LogP contribution in [-0.2, 0) is 6.42 Å². The Kier molecular flexibility index (Phi) is 4.70. The molecule has 0 spiro atoms. The third kappa shape index (κ3) is 3.61. The van der Waals surface area contributed by atoms with Crippen molar-refractivity contribution in [1.29, 1.82) is 0 Å². The molecule has 0 aliphatic heterocycles. The lowest BCUT2D eigenvalue weighted by atomic mass is 9.98. The van der Waals surface area contributed by atoms with E-state index in [9.17, 15) is 0 Å². The molecule has 0 saturated heterocycles. The SMILES string of the molecule is Cc1ccc(CC(Cl)c2ccc(Br)cc2C)cc1C. The summed E-state index contributed by atoms with van der Waals surface area (Å²) in [5, 5.41) is 0.0233. The van der Waals surface area contributed by atoms with Crippen LogP contribution in [-0.4, -0.2) is 0 Å². The Labute approximate surface area is 128 Å². The maximum atomic E-state index is 6.58. The minimum atomic E-state index is 0.0233. The van der Waals surface area contributed by atoms with Crippen molar-refractivity contribution in [2.75, 3.05) is 0 Å². The molecule has 2 aromatic rings. The Morgan fingerprint density at radius 1 is 0.947 bits per heavy atom. The molecule has 0 aliphatic rings. The number of halogens is 2. The fourth-order valence-corrected chi connectivity index (χ4v) is 3.14. The van der Waals surface area contributed by atoms with Gasteiger partial charge in [0.05, 0.1) is 5.38 Å². The predicted octanol–water partition coefficient (Wildman–Crippen LogP) is 5.90. The van der Waals surface area contributed by atoms with Gasteiger partial charge in [0.1, 0.15) is 0 Å². The molecule has 1 atom stereocenters. The third-order valence-electron chi connectivity index (χ3n) is 3.56. The average Bonchev–Trinajstić information content (AvgIpc) is 2.33. The van der Waals surface area contributed by atoms with Crippen LogP contribution in [0.1, 0.15) is 33.2 Å². The fourth-order valence-electron chi connectivity index (χ4n) is 2.24. The van der Waals surface area contributed by atoms with Gasteiger partial charge in [0.15, 0.2) is 0 Å². The normalized spacial score (nSPS) is 12.5. The zero-order valence-electron chi connectivity index (χ0n) is 11.5. The van der Waals surface area contributed by atoms with Gasteiger partial charge in [-0.1, -0.05) is 40.2 Å². The van der Waals surface area contributed by atoms with Gasteiger partial charge < -0.3 is 0 Å². The van der Waals surface area contributed by atoms with E-state index < -0.39 is 0 Å². The van der Waals surface area contributed by atoms with Crippen LogP contribution in [0.4, 0.5) is 0 Å². The van der Waals surface area contributed by atoms with Crippen LogP contribution in [0.15, 0.2) is 40.9 Å². The molecule has 2 aromatic carbocycles. The molecule has 0 nitrogen and oxygen atoms in total. The van der Waals surface area contributed by atoms with Crippen LogP contribution < -0.4 is 0 Å². The van der Waals surface area contributed by atoms with Gasteiger partial charge in [-0.2, -0.15) is 0 Å². The van der Waals surface area contributed by atoms with Gasteiger partial charge in [0, 0.05) is 4.47 Å². The van der Waals surface area contributed by atoms with Crippen molar-refractivity contribution in [1.82, 2.24) is 0 Å². The molecule has 0 aliphatic carbocycles. The van der Waals surface area contributed by atoms with Gasteiger partial charge in [0.25, 0.3) is 0 Å². The monoisotopic (exact) mass is 336 g/mol. The van der Waals surface area contributed by atoms with E-state index >= 15 is 0 Å². The third-order valence-corrected chi connectivity index (χ3v) is 4.44. The maximum Gasteiger partial charge on any atom is 0.0628 e. The molecular formula is C17H18BrCl. The Morgan fingerprint density at radius 3 is 2.32 bits per heavy atom. The van der Waals surface area contributed by atoms with Crippen molar-refractivity contribution in [3.8, 4) is 0 Å². The summed E-state index contributed by atoms with van der Waals surface area (Å²) in [5.41, 5.74) is 6.40. The minimum absolute atomic E-state index is 0.0233. The summed E-state index contributed by atoms with van der Waals surface area (Å²) in [6, 6.07) is 12.9. The molecule has 0 heterocycles. The van der Waals surface area contributed by atoms with E-state index in [4.69, 9.17) is 11.6 Å². The number of rotatable bonds is 3. The predicted molar refractivity (Wildman–Crippen MR) is 87.1 cm³/mol. The molecule has 0 amide bonds. The molecule has 0 fully saturated rings. The van der Waals surface area contributed by atoms with E-state index in [1.54, 1.807) is 0 Å². The molecular weight excluding hydrogens is 320 g/mol. The minimum Gasteiger partial charge on any atom is -0.117 e. The summed E-state index contributed by atoms with van der Waals surface area (Å²) in [6.07, 6.45) is 0.866. The molecule has 0 N–H and O–H groups in total. The quantitative estimate of drug-likeness (QED) is 0.612. The molecule has 2 rings (SSSR count). The van der Waals surface area contributed by atoms with E-state index in [1.165, 1.54) is 27.8 Å². The highest BCUT2D eigenvalue weighted by molar-refractivity contribution is 9.10. The zero-order chi connectivity index (χ0) is 14.0. The summed E-state index contributed by atoms with van der Waals surface area (Å²) in [7, 11) is 0. The van der Waals surface area contributed by atoms with Crippen LogP contribution in [0, 0.1) is 20.8 Å². The van der Waals surface area contributed by atoms with Crippen molar-refractivity contribution < 1.29 is 0 Å². The summed E-state index contributed by atoms with van der Waals surface area (Å²) < 4.78 is 1.10. The first-order valence-corrected chi connectivity index (χ1v) is 7.66. The van der Waals surface area contributed by atoms with Gasteiger partial charge in [0.2, 0.25) is 0 Å². The zero-order valence-corrected chi connectivity index (χ0v) is 13.8. The topological polar surface area (TPSA) is 0 Å². The highest BCUT2D eigenvalue weighted by Gasteiger charge is 2.12. The number of hydrogen-bond acceptors (Lipinski definition) is 0. The molecule has 0 bridgehead atoms. The number of hydrogen-bond donors (Lipinski definition) is 0. The first-order valence-electron chi connectivity index (χ1n) is 6.43. The molecule has 0 saturated carbocycles. The van der Waals surface area contributed by atoms with Crippen LogP contribution in [0.3, 0.4) is 0 Å².